The number of guanidine groups is 1. The smallest absolute Gasteiger partial charge is 0.251 e. The molecule has 2 rings (SSSR count). The first kappa shape index (κ1) is 22.4. The number of carbonyl (C=O) groups is 1. The molecule has 0 saturated carbocycles. The van der Waals surface area contributed by atoms with Crippen molar-refractivity contribution in [2.24, 2.45) is 4.99 Å². The number of hydrogen-bond acceptors (Lipinski definition) is 3. The first-order valence-corrected chi connectivity index (χ1v) is 9.32. The van der Waals surface area contributed by atoms with Gasteiger partial charge in [0.25, 0.3) is 5.91 Å². The number of nitrogens with one attached hydrogen (secondary N) is 3. The lowest BCUT2D eigenvalue weighted by Gasteiger charge is -2.11. The van der Waals surface area contributed by atoms with E-state index in [1.807, 2.05) is 24.3 Å². The molecule has 0 atom stereocenters. The molecule has 1 aromatic heterocycles. The van der Waals surface area contributed by atoms with Gasteiger partial charge in [-0.25, -0.2) is 4.99 Å². The van der Waals surface area contributed by atoms with Gasteiger partial charge in [-0.05, 0) is 50.1 Å². The summed E-state index contributed by atoms with van der Waals surface area (Å²) < 4.78 is 0. The van der Waals surface area contributed by atoms with Gasteiger partial charge in [-0.2, -0.15) is 0 Å². The topological polar surface area (TPSA) is 65.5 Å². The molecule has 0 unspecified atom stereocenters. The number of aliphatic imine (C=N–C) groups is 1. The van der Waals surface area contributed by atoms with Crippen LogP contribution in [-0.2, 0) is 13.0 Å². The molecule has 0 aliphatic rings. The Balaban J connectivity index is 0.00000338. The fourth-order valence-electron chi connectivity index (χ4n) is 2.41. The van der Waals surface area contributed by atoms with Gasteiger partial charge in [0.05, 0.1) is 6.54 Å². The van der Waals surface area contributed by atoms with Crippen LogP contribution in [0.1, 0.15) is 32.6 Å². The van der Waals surface area contributed by atoms with Gasteiger partial charge in [0, 0.05) is 35.5 Å². The third-order valence-corrected chi connectivity index (χ3v) is 4.64. The minimum atomic E-state index is -0.0593. The Kier molecular flexibility index (Phi) is 10.3. The average Bonchev–Trinajstić information content (AvgIpc) is 3.04. The molecule has 0 bridgehead atoms. The van der Waals surface area contributed by atoms with Gasteiger partial charge in [-0.3, -0.25) is 4.79 Å². The molecule has 3 N–H and O–H groups in total. The predicted octanol–water partition coefficient (Wildman–Crippen LogP) is 3.33. The molecule has 26 heavy (non-hydrogen) atoms. The number of aryl methyl sites for hydroxylation is 1. The Morgan fingerprint density at radius 3 is 2.65 bits per heavy atom. The SMILES string of the molecule is CCNC(=NCc1ccc(C)s1)NCCc1cccc(C(=O)NC)c1.I. The molecular weight excluding hydrogens is 459 g/mol. The van der Waals surface area contributed by atoms with Gasteiger partial charge in [0.15, 0.2) is 5.96 Å². The van der Waals surface area contributed by atoms with Gasteiger partial charge in [0.1, 0.15) is 0 Å². The zero-order valence-electron chi connectivity index (χ0n) is 15.5. The highest BCUT2D eigenvalue weighted by atomic mass is 127. The van der Waals surface area contributed by atoms with E-state index in [-0.39, 0.29) is 29.9 Å². The maximum absolute atomic E-state index is 11.7. The lowest BCUT2D eigenvalue weighted by Crippen LogP contribution is -2.38. The van der Waals surface area contributed by atoms with E-state index in [0.29, 0.717) is 12.1 Å². The maximum atomic E-state index is 11.7. The van der Waals surface area contributed by atoms with Crippen molar-refractivity contribution in [3.8, 4) is 0 Å². The Labute approximate surface area is 176 Å². The quantitative estimate of drug-likeness (QED) is 0.320. The van der Waals surface area contributed by atoms with Crippen LogP contribution in [0.15, 0.2) is 41.4 Å². The predicted molar refractivity (Wildman–Crippen MR) is 121 cm³/mol. The van der Waals surface area contributed by atoms with Crippen LogP contribution in [0.25, 0.3) is 0 Å². The molecule has 1 aromatic carbocycles. The molecule has 5 nitrogen and oxygen atoms in total. The summed E-state index contributed by atoms with van der Waals surface area (Å²) in [4.78, 5) is 18.9. The normalized spacial score (nSPS) is 10.8. The van der Waals surface area contributed by atoms with Crippen molar-refractivity contribution in [3.05, 3.63) is 57.3 Å². The third kappa shape index (κ3) is 7.33. The van der Waals surface area contributed by atoms with E-state index in [4.69, 9.17) is 0 Å². The number of halogens is 1. The first-order chi connectivity index (χ1) is 12.1. The molecule has 0 radical (unpaired) electrons. The van der Waals surface area contributed by atoms with E-state index in [9.17, 15) is 4.79 Å². The van der Waals surface area contributed by atoms with Crippen molar-refractivity contribution in [2.75, 3.05) is 20.1 Å². The van der Waals surface area contributed by atoms with Gasteiger partial charge in [-0.1, -0.05) is 12.1 Å². The van der Waals surface area contributed by atoms with Crippen LogP contribution in [0.5, 0.6) is 0 Å². The van der Waals surface area contributed by atoms with Gasteiger partial charge in [-0.15, -0.1) is 35.3 Å². The summed E-state index contributed by atoms with van der Waals surface area (Å²) in [6.07, 6.45) is 0.827. The highest BCUT2D eigenvalue weighted by Gasteiger charge is 2.04. The van der Waals surface area contributed by atoms with Gasteiger partial charge in [0.2, 0.25) is 0 Å². The van der Waals surface area contributed by atoms with Crippen molar-refractivity contribution < 1.29 is 4.79 Å². The lowest BCUT2D eigenvalue weighted by atomic mass is 10.1. The molecule has 0 saturated heterocycles. The second-order valence-corrected chi connectivity index (χ2v) is 7.04. The van der Waals surface area contributed by atoms with Crippen LogP contribution in [-0.4, -0.2) is 32.0 Å². The Bertz CT molecular complexity index is 730. The monoisotopic (exact) mass is 486 g/mol. The number of benzene rings is 1. The van der Waals surface area contributed by atoms with Crippen molar-refractivity contribution in [3.63, 3.8) is 0 Å². The molecule has 0 spiro atoms. The summed E-state index contributed by atoms with van der Waals surface area (Å²) in [5.41, 5.74) is 1.81. The van der Waals surface area contributed by atoms with Crippen LogP contribution in [0.2, 0.25) is 0 Å². The Morgan fingerprint density at radius 2 is 2.00 bits per heavy atom. The number of thiophene rings is 1. The number of carbonyl (C=O) groups excluding carboxylic acids is 1. The summed E-state index contributed by atoms with van der Waals surface area (Å²) in [6, 6.07) is 11.9. The van der Waals surface area contributed by atoms with E-state index >= 15 is 0 Å². The minimum Gasteiger partial charge on any atom is -0.357 e. The number of nitrogens with zero attached hydrogens (tertiary/aromatic N) is 1. The zero-order chi connectivity index (χ0) is 18.1. The Morgan fingerprint density at radius 1 is 1.19 bits per heavy atom. The standard InChI is InChI=1S/C19H26N4OS.HI/c1-4-21-19(23-13-17-9-8-14(2)25-17)22-11-10-15-6-5-7-16(12-15)18(24)20-3;/h5-9,12H,4,10-11,13H2,1-3H3,(H,20,24)(H2,21,22,23);1H. The van der Waals surface area contributed by atoms with E-state index in [0.717, 1.165) is 31.0 Å². The molecule has 0 aliphatic heterocycles. The highest BCUT2D eigenvalue weighted by Crippen LogP contribution is 2.15. The van der Waals surface area contributed by atoms with Crippen molar-refractivity contribution >= 4 is 47.2 Å². The highest BCUT2D eigenvalue weighted by molar-refractivity contribution is 14.0. The summed E-state index contributed by atoms with van der Waals surface area (Å²) in [6.45, 7) is 6.42. The molecule has 7 heteroatoms. The molecule has 1 heterocycles. The Hall–Kier alpha value is -1.61. The van der Waals surface area contributed by atoms with E-state index in [1.54, 1.807) is 18.4 Å². The number of rotatable bonds is 7. The fraction of sp³-hybridized carbons (Fsp3) is 0.368. The first-order valence-electron chi connectivity index (χ1n) is 8.51. The van der Waals surface area contributed by atoms with Crippen molar-refractivity contribution in [1.82, 2.24) is 16.0 Å². The third-order valence-electron chi connectivity index (χ3n) is 3.66. The van der Waals surface area contributed by atoms with Gasteiger partial charge < -0.3 is 16.0 Å². The molecular formula is C19H27IN4OS. The molecule has 2 aromatic rings. The summed E-state index contributed by atoms with van der Waals surface area (Å²) in [5.74, 6) is 0.756. The van der Waals surface area contributed by atoms with Crippen LogP contribution in [0.4, 0.5) is 0 Å². The summed E-state index contributed by atoms with van der Waals surface area (Å²) in [7, 11) is 1.64. The molecule has 0 aliphatic carbocycles. The molecule has 142 valence electrons. The molecule has 0 fully saturated rings. The zero-order valence-corrected chi connectivity index (χ0v) is 18.6. The van der Waals surface area contributed by atoms with E-state index in [1.165, 1.54) is 9.75 Å². The van der Waals surface area contributed by atoms with Crippen LogP contribution in [0, 0.1) is 6.92 Å². The summed E-state index contributed by atoms with van der Waals surface area (Å²) in [5, 5.41) is 9.27. The van der Waals surface area contributed by atoms with Crippen molar-refractivity contribution in [2.45, 2.75) is 26.8 Å². The average molecular weight is 486 g/mol. The second kappa shape index (κ2) is 11.9. The number of hydrogen-bond donors (Lipinski definition) is 3. The second-order valence-electron chi connectivity index (χ2n) is 5.66. The lowest BCUT2D eigenvalue weighted by molar-refractivity contribution is 0.0963. The van der Waals surface area contributed by atoms with Crippen LogP contribution in [0.3, 0.4) is 0 Å². The minimum absolute atomic E-state index is 0. The number of amides is 1. The van der Waals surface area contributed by atoms with Gasteiger partial charge >= 0.3 is 0 Å². The van der Waals surface area contributed by atoms with Crippen LogP contribution < -0.4 is 16.0 Å². The maximum Gasteiger partial charge on any atom is 0.251 e. The summed E-state index contributed by atoms with van der Waals surface area (Å²) >= 11 is 1.77. The van der Waals surface area contributed by atoms with E-state index in [2.05, 4.69) is 46.9 Å². The van der Waals surface area contributed by atoms with E-state index < -0.39 is 0 Å². The largest absolute Gasteiger partial charge is 0.357 e. The fourth-order valence-corrected chi connectivity index (χ4v) is 3.22. The van der Waals surface area contributed by atoms with Crippen LogP contribution >= 0.6 is 35.3 Å². The van der Waals surface area contributed by atoms with Crippen molar-refractivity contribution in [1.29, 1.82) is 0 Å². The molecule has 1 amide bonds.